The molecule has 0 aliphatic carbocycles. The van der Waals surface area contributed by atoms with Crippen LogP contribution in [0, 0.1) is 0 Å². The van der Waals surface area contributed by atoms with Gasteiger partial charge in [-0.3, -0.25) is 24.2 Å². The predicted molar refractivity (Wildman–Crippen MR) is 131 cm³/mol. The van der Waals surface area contributed by atoms with E-state index in [0.29, 0.717) is 41.2 Å². The zero-order valence-corrected chi connectivity index (χ0v) is 19.9. The van der Waals surface area contributed by atoms with Crippen LogP contribution in [0.5, 0.6) is 5.75 Å². The molecule has 3 aromatic rings. The van der Waals surface area contributed by atoms with E-state index in [4.69, 9.17) is 9.47 Å². The fourth-order valence-corrected chi connectivity index (χ4v) is 4.78. The molecule has 0 aromatic heterocycles. The third-order valence-corrected chi connectivity index (χ3v) is 6.46. The van der Waals surface area contributed by atoms with E-state index in [0.717, 1.165) is 10.5 Å². The lowest BCUT2D eigenvalue weighted by molar-refractivity contribution is -0.141. The van der Waals surface area contributed by atoms with Gasteiger partial charge in [-0.05, 0) is 48.4 Å². The number of esters is 1. The van der Waals surface area contributed by atoms with Gasteiger partial charge in [0.15, 0.2) is 0 Å². The summed E-state index contributed by atoms with van der Waals surface area (Å²) < 4.78 is 10.7. The highest BCUT2D eigenvalue weighted by Crippen LogP contribution is 2.36. The molecule has 0 spiro atoms. The Morgan fingerprint density at radius 3 is 2.28 bits per heavy atom. The highest BCUT2D eigenvalue weighted by Gasteiger charge is 2.40. The maximum atomic E-state index is 13.9. The van der Waals surface area contributed by atoms with Crippen LogP contribution >= 0.6 is 0 Å². The molecule has 0 fully saturated rings. The minimum atomic E-state index is -0.811. The normalized spacial score (nSPS) is 16.1. The van der Waals surface area contributed by atoms with E-state index in [1.165, 1.54) is 12.0 Å². The van der Waals surface area contributed by atoms with E-state index in [1.54, 1.807) is 54.6 Å². The summed E-state index contributed by atoms with van der Waals surface area (Å²) >= 11 is 0. The first-order valence-electron chi connectivity index (χ1n) is 11.6. The number of nitrogens with zero attached hydrogens (tertiary/aromatic N) is 2. The summed E-state index contributed by atoms with van der Waals surface area (Å²) in [4.78, 5) is 54.8. The van der Waals surface area contributed by atoms with Crippen molar-refractivity contribution in [2.45, 2.75) is 25.9 Å². The molecule has 182 valence electrons. The first kappa shape index (κ1) is 23.3. The summed E-state index contributed by atoms with van der Waals surface area (Å²) in [6, 6.07) is 18.2. The SMILES string of the molecule is CCOc1ccc(CN2C(=O)c3ccccc3C2=O)cc1C(=O)N1c2ccccc2CC1C(=O)OC. The Balaban J connectivity index is 1.51. The van der Waals surface area contributed by atoms with Gasteiger partial charge in [0.05, 0.1) is 37.0 Å². The summed E-state index contributed by atoms with van der Waals surface area (Å²) in [5.74, 6) is -1.35. The van der Waals surface area contributed by atoms with E-state index in [-0.39, 0.29) is 23.9 Å². The summed E-state index contributed by atoms with van der Waals surface area (Å²) in [6.07, 6.45) is 0.341. The number of methoxy groups -OCH3 is 1. The summed E-state index contributed by atoms with van der Waals surface area (Å²) in [7, 11) is 1.29. The lowest BCUT2D eigenvalue weighted by Gasteiger charge is -2.25. The molecule has 0 N–H and O–H groups in total. The van der Waals surface area contributed by atoms with Crippen LogP contribution in [0.3, 0.4) is 0 Å². The maximum absolute atomic E-state index is 13.9. The summed E-state index contributed by atoms with van der Waals surface area (Å²) in [6.45, 7) is 2.13. The number of hydrogen-bond donors (Lipinski definition) is 0. The van der Waals surface area contributed by atoms with Crippen molar-refractivity contribution in [3.8, 4) is 5.75 Å². The monoisotopic (exact) mass is 484 g/mol. The zero-order valence-electron chi connectivity index (χ0n) is 19.9. The largest absolute Gasteiger partial charge is 0.493 e. The Labute approximate surface area is 208 Å². The number of carbonyl (C=O) groups is 4. The molecule has 5 rings (SSSR count). The molecule has 0 radical (unpaired) electrons. The van der Waals surface area contributed by atoms with Crippen LogP contribution in [0.4, 0.5) is 5.69 Å². The molecule has 8 nitrogen and oxygen atoms in total. The van der Waals surface area contributed by atoms with Gasteiger partial charge in [-0.25, -0.2) is 4.79 Å². The van der Waals surface area contributed by atoms with Crippen LogP contribution in [-0.4, -0.2) is 48.3 Å². The van der Waals surface area contributed by atoms with Crippen LogP contribution in [0.1, 0.15) is 49.1 Å². The second-order valence-electron chi connectivity index (χ2n) is 8.55. The summed E-state index contributed by atoms with van der Waals surface area (Å²) in [5.41, 5.74) is 3.03. The minimum absolute atomic E-state index is 0.00392. The molecule has 0 saturated heterocycles. The van der Waals surface area contributed by atoms with Gasteiger partial charge < -0.3 is 9.47 Å². The lowest BCUT2D eigenvalue weighted by atomic mass is 10.1. The van der Waals surface area contributed by atoms with Gasteiger partial charge in [0.25, 0.3) is 17.7 Å². The molecule has 3 amide bonds. The number of ether oxygens (including phenoxy) is 2. The molecule has 1 unspecified atom stereocenters. The molecular weight excluding hydrogens is 460 g/mol. The molecule has 0 saturated carbocycles. The average molecular weight is 485 g/mol. The summed E-state index contributed by atoms with van der Waals surface area (Å²) in [5, 5.41) is 0. The number of anilines is 1. The van der Waals surface area contributed by atoms with Crippen molar-refractivity contribution < 1.29 is 28.7 Å². The fourth-order valence-electron chi connectivity index (χ4n) is 4.78. The minimum Gasteiger partial charge on any atom is -0.493 e. The Hall–Kier alpha value is -4.46. The Morgan fingerprint density at radius 1 is 0.944 bits per heavy atom. The molecule has 0 bridgehead atoms. The van der Waals surface area contributed by atoms with Gasteiger partial charge in [0, 0.05) is 12.1 Å². The maximum Gasteiger partial charge on any atom is 0.329 e. The topological polar surface area (TPSA) is 93.2 Å². The molecule has 8 heteroatoms. The Bertz CT molecular complexity index is 1360. The van der Waals surface area contributed by atoms with Crippen LogP contribution < -0.4 is 9.64 Å². The highest BCUT2D eigenvalue weighted by atomic mass is 16.5. The number of benzene rings is 3. The van der Waals surface area contributed by atoms with Crippen LogP contribution in [-0.2, 0) is 22.5 Å². The van der Waals surface area contributed by atoms with Gasteiger partial charge >= 0.3 is 5.97 Å². The molecule has 1 atom stereocenters. The van der Waals surface area contributed by atoms with E-state index >= 15 is 0 Å². The predicted octanol–water partition coefficient (Wildman–Crippen LogP) is 3.63. The standard InChI is InChI=1S/C28H24N2O6/c1-3-36-24-13-12-17(16-29-25(31)19-9-5-6-10-20(19)26(29)32)14-21(24)27(33)30-22-11-7-4-8-18(22)15-23(30)28(34)35-2/h4-14,23H,3,15-16H2,1-2H3. The number of amides is 3. The lowest BCUT2D eigenvalue weighted by Crippen LogP contribution is -2.43. The van der Waals surface area contributed by atoms with Gasteiger partial charge in [-0.15, -0.1) is 0 Å². The molecule has 2 heterocycles. The van der Waals surface area contributed by atoms with Gasteiger partial charge in [-0.1, -0.05) is 36.4 Å². The van der Waals surface area contributed by atoms with E-state index < -0.39 is 17.9 Å². The van der Waals surface area contributed by atoms with Crippen molar-refractivity contribution >= 4 is 29.4 Å². The number of fused-ring (bicyclic) bond motifs is 2. The zero-order chi connectivity index (χ0) is 25.4. The van der Waals surface area contributed by atoms with Crippen molar-refractivity contribution in [1.82, 2.24) is 4.90 Å². The van der Waals surface area contributed by atoms with Gasteiger partial charge in [0.2, 0.25) is 0 Å². The molecule has 2 aliphatic heterocycles. The van der Waals surface area contributed by atoms with Crippen LogP contribution in [0.15, 0.2) is 66.7 Å². The molecule has 2 aliphatic rings. The van der Waals surface area contributed by atoms with Gasteiger partial charge in [0.1, 0.15) is 11.8 Å². The average Bonchev–Trinajstić information content (AvgIpc) is 3.40. The first-order valence-corrected chi connectivity index (χ1v) is 11.6. The quantitative estimate of drug-likeness (QED) is 0.392. The first-order chi connectivity index (χ1) is 17.4. The number of rotatable bonds is 6. The highest BCUT2D eigenvalue weighted by molar-refractivity contribution is 6.21. The van der Waals surface area contributed by atoms with Crippen molar-refractivity contribution in [1.29, 1.82) is 0 Å². The fraction of sp³-hybridized carbons (Fsp3) is 0.214. The van der Waals surface area contributed by atoms with Gasteiger partial charge in [-0.2, -0.15) is 0 Å². The van der Waals surface area contributed by atoms with E-state index in [1.807, 2.05) is 19.1 Å². The smallest absolute Gasteiger partial charge is 0.329 e. The molecule has 3 aromatic carbocycles. The second-order valence-corrected chi connectivity index (χ2v) is 8.55. The number of carbonyl (C=O) groups excluding carboxylic acids is 4. The van der Waals surface area contributed by atoms with Crippen molar-refractivity contribution in [2.24, 2.45) is 0 Å². The third-order valence-electron chi connectivity index (χ3n) is 6.46. The number of para-hydroxylation sites is 1. The number of hydrogen-bond acceptors (Lipinski definition) is 6. The molecular formula is C28H24N2O6. The van der Waals surface area contributed by atoms with E-state index in [9.17, 15) is 19.2 Å². The Morgan fingerprint density at radius 2 is 1.61 bits per heavy atom. The van der Waals surface area contributed by atoms with Crippen LogP contribution in [0.2, 0.25) is 0 Å². The van der Waals surface area contributed by atoms with Crippen molar-refractivity contribution in [3.05, 3.63) is 94.5 Å². The van der Waals surface area contributed by atoms with E-state index in [2.05, 4.69) is 0 Å². The second kappa shape index (κ2) is 9.30. The number of imide groups is 1. The third kappa shape index (κ3) is 3.80. The van der Waals surface area contributed by atoms with Crippen molar-refractivity contribution in [3.63, 3.8) is 0 Å². The molecule has 36 heavy (non-hydrogen) atoms. The van der Waals surface area contributed by atoms with Crippen LogP contribution in [0.25, 0.3) is 0 Å². The Kier molecular flexibility index (Phi) is 6.01. The van der Waals surface area contributed by atoms with Crippen molar-refractivity contribution in [2.75, 3.05) is 18.6 Å².